The van der Waals surface area contributed by atoms with E-state index in [1.807, 2.05) is 0 Å². The molecule has 0 fully saturated rings. The van der Waals surface area contributed by atoms with E-state index in [-0.39, 0.29) is 5.41 Å². The second-order valence-corrected chi connectivity index (χ2v) is 22.1. The van der Waals surface area contributed by atoms with Gasteiger partial charge in [0.05, 0.1) is 7.85 Å². The molecule has 0 bridgehead atoms. The molecule has 0 saturated carbocycles. The lowest BCUT2D eigenvalue weighted by atomic mass is 9.57. The average Bonchev–Trinajstić information content (AvgIpc) is 3.63. The van der Waals surface area contributed by atoms with E-state index in [4.69, 9.17) is 20.5 Å². The van der Waals surface area contributed by atoms with Gasteiger partial charge in [-0.3, -0.25) is 0 Å². The van der Waals surface area contributed by atoms with E-state index in [2.05, 4.69) is 235 Å². The molecule has 3 aliphatic rings. The summed E-state index contributed by atoms with van der Waals surface area (Å²) in [7, 11) is 8.59. The number of nitrogens with zero attached hydrogens (tertiary/aromatic N) is 2. The SMILES string of the molecule is [B]Cc1ccc(N(c2ccc(CC)cc2)c2ccc3c(c2)N(c2ccc(S)cc2C)c2cc(-c4c(C)cc(C)cc4C)cc(-c4cc5c(cc4Nc4ccc6c(c4)C(C)(C)c4ccccc4-6)CCCC5)c2[B]3)cc1. The number of nitrogens with one attached hydrogen (secondary N) is 1. The summed E-state index contributed by atoms with van der Waals surface area (Å²) in [6.07, 6.45) is 6.05. The molecule has 9 aromatic carbocycles. The van der Waals surface area contributed by atoms with E-state index in [0.29, 0.717) is 6.32 Å². The van der Waals surface area contributed by atoms with Gasteiger partial charge in [-0.1, -0.05) is 116 Å². The zero-order valence-electron chi connectivity index (χ0n) is 43.8. The molecule has 361 valence electrons. The van der Waals surface area contributed by atoms with E-state index in [1.54, 1.807) is 0 Å². The highest BCUT2D eigenvalue weighted by Gasteiger charge is 2.36. The van der Waals surface area contributed by atoms with Gasteiger partial charge in [-0.05, 0) is 229 Å². The van der Waals surface area contributed by atoms with Gasteiger partial charge >= 0.3 is 0 Å². The molecule has 0 saturated heterocycles. The molecule has 1 N–H and O–H groups in total. The minimum absolute atomic E-state index is 0.111. The summed E-state index contributed by atoms with van der Waals surface area (Å²) >= 11 is 4.88. The smallest absolute Gasteiger partial charge is 0.197 e. The summed E-state index contributed by atoms with van der Waals surface area (Å²) in [5.41, 5.74) is 31.7. The predicted octanol–water partition coefficient (Wildman–Crippen LogP) is 16.6. The summed E-state index contributed by atoms with van der Waals surface area (Å²) in [6.45, 7) is 15.9. The zero-order chi connectivity index (χ0) is 51.0. The third-order valence-electron chi connectivity index (χ3n) is 16.3. The van der Waals surface area contributed by atoms with Crippen LogP contribution in [0.4, 0.5) is 45.5 Å². The minimum Gasteiger partial charge on any atom is -0.355 e. The van der Waals surface area contributed by atoms with Crippen molar-refractivity contribution in [3.63, 3.8) is 0 Å². The number of fused-ring (bicyclic) bond motifs is 6. The van der Waals surface area contributed by atoms with Gasteiger partial charge < -0.3 is 15.1 Å². The van der Waals surface area contributed by atoms with E-state index in [0.717, 1.165) is 86.2 Å². The van der Waals surface area contributed by atoms with Crippen molar-refractivity contribution >= 4 is 84.2 Å². The fourth-order valence-electron chi connectivity index (χ4n) is 12.6. The van der Waals surface area contributed by atoms with Crippen molar-refractivity contribution in [1.82, 2.24) is 0 Å². The first kappa shape index (κ1) is 47.8. The van der Waals surface area contributed by atoms with E-state index in [9.17, 15) is 0 Å². The number of aryl methyl sites for hydroxylation is 7. The van der Waals surface area contributed by atoms with E-state index in [1.165, 1.54) is 96.2 Å². The van der Waals surface area contributed by atoms with Gasteiger partial charge in [0.15, 0.2) is 7.28 Å². The lowest BCUT2D eigenvalue weighted by Crippen LogP contribution is -2.41. The number of hydrogen-bond acceptors (Lipinski definition) is 4. The molecule has 0 atom stereocenters. The van der Waals surface area contributed by atoms with Crippen LogP contribution in [0.1, 0.15) is 89.2 Å². The Bertz CT molecular complexity index is 3620. The molecule has 9 aromatic rings. The first-order valence-electron chi connectivity index (χ1n) is 26.6. The number of anilines is 8. The first-order chi connectivity index (χ1) is 35.9. The van der Waals surface area contributed by atoms with Crippen molar-refractivity contribution in [3.8, 4) is 33.4 Å². The maximum absolute atomic E-state index is 6.14. The molecule has 1 heterocycles. The molecule has 74 heavy (non-hydrogen) atoms. The topological polar surface area (TPSA) is 18.5 Å². The Morgan fingerprint density at radius 1 is 0.595 bits per heavy atom. The summed E-state index contributed by atoms with van der Waals surface area (Å²) in [4.78, 5) is 5.85. The maximum Gasteiger partial charge on any atom is 0.197 e. The first-order valence-corrected chi connectivity index (χ1v) is 27.0. The fraction of sp³-hybridized carbons (Fsp3) is 0.206. The average molecular weight is 975 g/mol. The number of benzene rings is 9. The normalized spacial score (nSPS) is 13.8. The molecule has 12 rings (SSSR count). The highest BCUT2D eigenvalue weighted by molar-refractivity contribution is 7.80. The van der Waals surface area contributed by atoms with Gasteiger partial charge in [0.2, 0.25) is 0 Å². The van der Waals surface area contributed by atoms with Crippen molar-refractivity contribution in [2.75, 3.05) is 15.1 Å². The summed E-state index contributed by atoms with van der Waals surface area (Å²) in [5, 5.41) is 4.11. The second-order valence-electron chi connectivity index (χ2n) is 21.6. The van der Waals surface area contributed by atoms with Crippen LogP contribution in [0.5, 0.6) is 0 Å². The lowest BCUT2D eigenvalue weighted by molar-refractivity contribution is 0.660. The zero-order valence-corrected chi connectivity index (χ0v) is 44.7. The monoisotopic (exact) mass is 974 g/mol. The van der Waals surface area contributed by atoms with Crippen molar-refractivity contribution in [2.45, 2.75) is 97.2 Å². The van der Waals surface area contributed by atoms with Crippen LogP contribution in [-0.4, -0.2) is 15.1 Å². The van der Waals surface area contributed by atoms with Crippen LogP contribution in [0.15, 0.2) is 169 Å². The maximum atomic E-state index is 6.14. The molecule has 2 aliphatic carbocycles. The molecule has 3 radical (unpaired) electrons. The predicted molar refractivity (Wildman–Crippen MR) is 321 cm³/mol. The standard InChI is InChI=1S/C68H62B2N3S/c1-8-45-17-22-51(23-18-45)72(52-24-19-46(40-69)20-25-52)53-26-29-61-64(39-53)73(63-30-27-54(74)33-42(63)3)65-37-49(66-43(4)31-41(2)32-44(66)5)35-58(67(65)70-61)57-34-47-13-9-10-14-48(47)36-62(57)71-50-21-28-56-55-15-11-12-16-59(55)68(6,7)60(56)38-50/h11-12,15-39,71,74H,8-10,13-14,40H2,1-7H3. The van der Waals surface area contributed by atoms with Gasteiger partial charge in [-0.15, -0.1) is 12.6 Å². The van der Waals surface area contributed by atoms with Crippen LogP contribution in [0.25, 0.3) is 33.4 Å². The van der Waals surface area contributed by atoms with Crippen molar-refractivity contribution < 1.29 is 0 Å². The highest BCUT2D eigenvalue weighted by Crippen LogP contribution is 2.51. The fourth-order valence-corrected chi connectivity index (χ4v) is 12.8. The Kier molecular flexibility index (Phi) is 12.3. The van der Waals surface area contributed by atoms with Gasteiger partial charge in [0.25, 0.3) is 0 Å². The number of thiol groups is 1. The third-order valence-corrected chi connectivity index (χ3v) is 16.5. The van der Waals surface area contributed by atoms with Crippen molar-refractivity contribution in [1.29, 1.82) is 0 Å². The summed E-state index contributed by atoms with van der Waals surface area (Å²) < 4.78 is 0. The van der Waals surface area contributed by atoms with Gasteiger partial charge in [-0.2, -0.15) is 0 Å². The molecule has 1 aliphatic heterocycles. The van der Waals surface area contributed by atoms with Gasteiger partial charge in [-0.25, -0.2) is 0 Å². The molecule has 3 nitrogen and oxygen atoms in total. The summed E-state index contributed by atoms with van der Waals surface area (Å²) in [6, 6.07) is 61.9. The van der Waals surface area contributed by atoms with Crippen molar-refractivity contribution in [2.24, 2.45) is 0 Å². The van der Waals surface area contributed by atoms with Crippen LogP contribution in [0.2, 0.25) is 0 Å². The van der Waals surface area contributed by atoms with Gasteiger partial charge in [0.1, 0.15) is 0 Å². The Balaban J connectivity index is 1.09. The molecular weight excluding hydrogens is 912 g/mol. The second kappa shape index (κ2) is 19.0. The Labute approximate surface area is 446 Å². The van der Waals surface area contributed by atoms with Gasteiger partial charge in [0, 0.05) is 61.4 Å². The lowest BCUT2D eigenvalue weighted by Gasteiger charge is -2.37. The van der Waals surface area contributed by atoms with Crippen LogP contribution in [0, 0.1) is 27.7 Å². The number of hydrogen-bond donors (Lipinski definition) is 2. The Morgan fingerprint density at radius 3 is 1.97 bits per heavy atom. The molecule has 0 unspecified atom stereocenters. The quantitative estimate of drug-likeness (QED) is 0.105. The van der Waals surface area contributed by atoms with Crippen LogP contribution >= 0.6 is 12.6 Å². The van der Waals surface area contributed by atoms with E-state index >= 15 is 0 Å². The molecular formula is C68H62B2N3S. The Hall–Kier alpha value is -7.14. The minimum atomic E-state index is -0.111. The molecule has 6 heteroatoms. The molecule has 0 amide bonds. The summed E-state index contributed by atoms with van der Waals surface area (Å²) in [5.74, 6) is 0. The van der Waals surface area contributed by atoms with Crippen LogP contribution in [-0.2, 0) is 31.0 Å². The van der Waals surface area contributed by atoms with Crippen molar-refractivity contribution in [3.05, 3.63) is 219 Å². The largest absolute Gasteiger partial charge is 0.355 e. The Morgan fingerprint density at radius 2 is 1.27 bits per heavy atom. The number of rotatable bonds is 10. The van der Waals surface area contributed by atoms with E-state index < -0.39 is 0 Å². The van der Waals surface area contributed by atoms with Crippen LogP contribution < -0.4 is 26.0 Å². The highest BCUT2D eigenvalue weighted by atomic mass is 32.1. The van der Waals surface area contributed by atoms with Crippen LogP contribution in [0.3, 0.4) is 0 Å². The molecule has 0 spiro atoms. The third kappa shape index (κ3) is 8.36. The molecule has 0 aromatic heterocycles.